The molecule has 1 atom stereocenters. The van der Waals surface area contributed by atoms with Crippen molar-refractivity contribution >= 4 is 5.91 Å². The molecule has 0 saturated carbocycles. The van der Waals surface area contributed by atoms with Crippen LogP contribution in [0.2, 0.25) is 0 Å². The number of carbonyl (C=O) groups is 1. The first-order valence-electron chi connectivity index (χ1n) is 7.61. The molecule has 0 aliphatic carbocycles. The first-order valence-corrected chi connectivity index (χ1v) is 7.61. The largest absolute Gasteiger partial charge is 0.396 e. The highest BCUT2D eigenvalue weighted by Crippen LogP contribution is 2.17. The van der Waals surface area contributed by atoms with Gasteiger partial charge >= 0.3 is 0 Å². The SMILES string of the molecule is Cc1ccc(C)c(CC(=O)NC(CCO)c2ccccc2)c1. The summed E-state index contributed by atoms with van der Waals surface area (Å²) in [5.41, 5.74) is 4.35. The second-order valence-corrected chi connectivity index (χ2v) is 5.65. The molecule has 2 N–H and O–H groups in total. The lowest BCUT2D eigenvalue weighted by Gasteiger charge is -2.19. The summed E-state index contributed by atoms with van der Waals surface area (Å²) in [5, 5.41) is 12.3. The van der Waals surface area contributed by atoms with Gasteiger partial charge in [-0.15, -0.1) is 0 Å². The number of carbonyl (C=O) groups excluding carboxylic acids is 1. The highest BCUT2D eigenvalue weighted by atomic mass is 16.3. The zero-order valence-electron chi connectivity index (χ0n) is 13.2. The molecular formula is C19H23NO2. The van der Waals surface area contributed by atoms with E-state index in [9.17, 15) is 9.90 Å². The van der Waals surface area contributed by atoms with E-state index in [1.165, 1.54) is 0 Å². The predicted octanol–water partition coefficient (Wildman–Crippen LogP) is 3.09. The molecule has 0 heterocycles. The number of hydrogen-bond acceptors (Lipinski definition) is 2. The summed E-state index contributed by atoms with van der Waals surface area (Å²) in [4.78, 5) is 12.3. The molecule has 0 saturated heterocycles. The van der Waals surface area contributed by atoms with Crippen LogP contribution in [0.5, 0.6) is 0 Å². The summed E-state index contributed by atoms with van der Waals surface area (Å²) >= 11 is 0. The molecule has 2 aromatic rings. The van der Waals surface area contributed by atoms with E-state index in [-0.39, 0.29) is 18.6 Å². The van der Waals surface area contributed by atoms with Gasteiger partial charge in [0, 0.05) is 6.61 Å². The molecule has 0 bridgehead atoms. The van der Waals surface area contributed by atoms with Crippen LogP contribution in [0.4, 0.5) is 0 Å². The Labute approximate surface area is 132 Å². The van der Waals surface area contributed by atoms with Crippen molar-refractivity contribution < 1.29 is 9.90 Å². The first-order chi connectivity index (χ1) is 10.6. The molecule has 3 nitrogen and oxygen atoms in total. The number of nitrogens with one attached hydrogen (secondary N) is 1. The summed E-state index contributed by atoms with van der Waals surface area (Å²) in [7, 11) is 0. The molecule has 3 heteroatoms. The van der Waals surface area contributed by atoms with E-state index in [1.54, 1.807) is 0 Å². The second-order valence-electron chi connectivity index (χ2n) is 5.65. The zero-order valence-corrected chi connectivity index (χ0v) is 13.2. The van der Waals surface area contributed by atoms with Gasteiger partial charge in [-0.25, -0.2) is 0 Å². The molecule has 0 aliphatic heterocycles. The number of rotatable bonds is 6. The Morgan fingerprint density at radius 2 is 1.86 bits per heavy atom. The van der Waals surface area contributed by atoms with Crippen LogP contribution in [-0.4, -0.2) is 17.6 Å². The highest BCUT2D eigenvalue weighted by Gasteiger charge is 2.14. The fourth-order valence-corrected chi connectivity index (χ4v) is 2.55. The average Bonchev–Trinajstić information content (AvgIpc) is 2.51. The van der Waals surface area contributed by atoms with E-state index in [4.69, 9.17) is 0 Å². The third-order valence-corrected chi connectivity index (χ3v) is 3.81. The smallest absolute Gasteiger partial charge is 0.224 e. The van der Waals surface area contributed by atoms with Crippen LogP contribution < -0.4 is 5.32 Å². The lowest BCUT2D eigenvalue weighted by atomic mass is 10.0. The van der Waals surface area contributed by atoms with E-state index in [1.807, 2.05) is 50.2 Å². The van der Waals surface area contributed by atoms with E-state index in [0.29, 0.717) is 12.8 Å². The Balaban J connectivity index is 2.07. The Kier molecular flexibility index (Phi) is 5.73. The molecule has 2 rings (SSSR count). The quantitative estimate of drug-likeness (QED) is 0.861. The molecule has 22 heavy (non-hydrogen) atoms. The van der Waals surface area contributed by atoms with Crippen molar-refractivity contribution in [3.8, 4) is 0 Å². The Morgan fingerprint density at radius 1 is 1.14 bits per heavy atom. The van der Waals surface area contributed by atoms with Crippen molar-refractivity contribution in [3.63, 3.8) is 0 Å². The van der Waals surface area contributed by atoms with Gasteiger partial charge in [-0.2, -0.15) is 0 Å². The molecule has 0 aliphatic rings. The summed E-state index contributed by atoms with van der Waals surface area (Å²) in [6.45, 7) is 4.09. The van der Waals surface area contributed by atoms with Crippen LogP contribution in [0.3, 0.4) is 0 Å². The van der Waals surface area contributed by atoms with Gasteiger partial charge < -0.3 is 10.4 Å². The minimum atomic E-state index is -0.149. The number of amides is 1. The van der Waals surface area contributed by atoms with Gasteiger partial charge in [-0.05, 0) is 37.0 Å². The van der Waals surface area contributed by atoms with Crippen LogP contribution in [-0.2, 0) is 11.2 Å². The third kappa shape index (κ3) is 4.43. The summed E-state index contributed by atoms with van der Waals surface area (Å²) in [5.74, 6) is -0.0176. The summed E-state index contributed by atoms with van der Waals surface area (Å²) in [6, 6.07) is 15.8. The van der Waals surface area contributed by atoms with Crippen LogP contribution >= 0.6 is 0 Å². The van der Waals surface area contributed by atoms with Gasteiger partial charge in [0.25, 0.3) is 0 Å². The van der Waals surface area contributed by atoms with Crippen molar-refractivity contribution in [2.45, 2.75) is 32.7 Å². The molecule has 1 unspecified atom stereocenters. The molecular weight excluding hydrogens is 274 g/mol. The van der Waals surface area contributed by atoms with Crippen LogP contribution in [0.25, 0.3) is 0 Å². The topological polar surface area (TPSA) is 49.3 Å². The number of aryl methyl sites for hydroxylation is 2. The standard InChI is InChI=1S/C19H23NO2/c1-14-8-9-15(2)17(12-14)13-19(22)20-18(10-11-21)16-6-4-3-5-7-16/h3-9,12,18,21H,10-11,13H2,1-2H3,(H,20,22). The van der Waals surface area contributed by atoms with E-state index < -0.39 is 0 Å². The van der Waals surface area contributed by atoms with Crippen molar-refractivity contribution in [2.24, 2.45) is 0 Å². The molecule has 0 fully saturated rings. The van der Waals surface area contributed by atoms with Crippen molar-refractivity contribution in [2.75, 3.05) is 6.61 Å². The fourth-order valence-electron chi connectivity index (χ4n) is 2.55. The number of aliphatic hydroxyl groups is 1. The molecule has 0 radical (unpaired) electrons. The minimum Gasteiger partial charge on any atom is -0.396 e. The zero-order chi connectivity index (χ0) is 15.9. The van der Waals surface area contributed by atoms with Crippen molar-refractivity contribution in [1.82, 2.24) is 5.32 Å². The number of aliphatic hydroxyl groups excluding tert-OH is 1. The maximum Gasteiger partial charge on any atom is 0.224 e. The minimum absolute atomic E-state index is 0.0176. The van der Waals surface area contributed by atoms with Gasteiger partial charge in [0.2, 0.25) is 5.91 Å². The number of benzene rings is 2. The predicted molar refractivity (Wildman–Crippen MR) is 88.6 cm³/mol. The van der Waals surface area contributed by atoms with Gasteiger partial charge in [-0.3, -0.25) is 4.79 Å². The average molecular weight is 297 g/mol. The lowest BCUT2D eigenvalue weighted by Crippen LogP contribution is -2.30. The molecule has 0 aromatic heterocycles. The van der Waals surface area contributed by atoms with Gasteiger partial charge in [0.05, 0.1) is 12.5 Å². The van der Waals surface area contributed by atoms with Crippen LogP contribution in [0, 0.1) is 13.8 Å². The van der Waals surface area contributed by atoms with E-state index >= 15 is 0 Å². The van der Waals surface area contributed by atoms with Gasteiger partial charge in [-0.1, -0.05) is 54.1 Å². The third-order valence-electron chi connectivity index (χ3n) is 3.81. The molecule has 0 spiro atoms. The number of hydrogen-bond donors (Lipinski definition) is 2. The van der Waals surface area contributed by atoms with E-state index in [2.05, 4.69) is 17.4 Å². The van der Waals surface area contributed by atoms with Crippen LogP contribution in [0.1, 0.15) is 34.7 Å². The van der Waals surface area contributed by atoms with Gasteiger partial charge in [0.1, 0.15) is 0 Å². The second kappa shape index (κ2) is 7.76. The molecule has 1 amide bonds. The normalized spacial score (nSPS) is 12.0. The van der Waals surface area contributed by atoms with Crippen molar-refractivity contribution in [3.05, 3.63) is 70.8 Å². The molecule has 116 valence electrons. The Hall–Kier alpha value is -2.13. The highest BCUT2D eigenvalue weighted by molar-refractivity contribution is 5.79. The summed E-state index contributed by atoms with van der Waals surface area (Å²) < 4.78 is 0. The summed E-state index contributed by atoms with van der Waals surface area (Å²) in [6.07, 6.45) is 0.880. The Bertz CT molecular complexity index is 623. The van der Waals surface area contributed by atoms with E-state index in [0.717, 1.165) is 22.3 Å². The maximum absolute atomic E-state index is 12.3. The van der Waals surface area contributed by atoms with Gasteiger partial charge in [0.15, 0.2) is 0 Å². The van der Waals surface area contributed by atoms with Crippen LogP contribution in [0.15, 0.2) is 48.5 Å². The maximum atomic E-state index is 12.3. The first kappa shape index (κ1) is 16.2. The fraction of sp³-hybridized carbons (Fsp3) is 0.316. The molecule has 2 aromatic carbocycles. The van der Waals surface area contributed by atoms with Crippen molar-refractivity contribution in [1.29, 1.82) is 0 Å². The lowest BCUT2D eigenvalue weighted by molar-refractivity contribution is -0.121. The Morgan fingerprint density at radius 3 is 2.55 bits per heavy atom. The monoisotopic (exact) mass is 297 g/mol.